The van der Waals surface area contributed by atoms with Gasteiger partial charge in [-0.2, -0.15) is 5.10 Å². The van der Waals surface area contributed by atoms with Crippen molar-refractivity contribution in [2.45, 2.75) is 6.42 Å². The Morgan fingerprint density at radius 3 is 2.43 bits per heavy atom. The molecule has 0 fully saturated rings. The highest BCUT2D eigenvalue weighted by atomic mass is 35.5. The monoisotopic (exact) mass is 488 g/mol. The van der Waals surface area contributed by atoms with E-state index in [4.69, 9.17) is 26.2 Å². The number of halogens is 1. The van der Waals surface area contributed by atoms with Gasteiger partial charge in [-0.05, 0) is 42.5 Å². The maximum Gasteiger partial charge on any atom is 0.269 e. The molecule has 0 radical (unpaired) electrons. The van der Waals surface area contributed by atoms with Crippen molar-refractivity contribution in [3.05, 3.63) is 95.1 Å². The first-order valence-corrected chi connectivity index (χ1v) is 11.3. The van der Waals surface area contributed by atoms with Crippen LogP contribution in [-0.2, 0) is 11.2 Å². The van der Waals surface area contributed by atoms with E-state index in [9.17, 15) is 9.59 Å². The van der Waals surface area contributed by atoms with Crippen LogP contribution in [0.3, 0.4) is 0 Å². The number of nitrogens with one attached hydrogen (secondary N) is 2. The van der Waals surface area contributed by atoms with Crippen LogP contribution in [0.4, 0.5) is 0 Å². The predicted octanol–water partition coefficient (Wildman–Crippen LogP) is 3.97. The SMILES string of the molecule is O=C(Cc1cn(-c2ccccc2)nc1-c1ccc(Cl)cc1)NNC(=O)c1ccc2c(c1)OCCO2. The van der Waals surface area contributed by atoms with E-state index < -0.39 is 11.8 Å². The molecule has 1 aliphatic rings. The largest absolute Gasteiger partial charge is 0.486 e. The number of aromatic nitrogens is 2. The van der Waals surface area contributed by atoms with Crippen molar-refractivity contribution in [2.75, 3.05) is 13.2 Å². The molecular weight excluding hydrogens is 468 g/mol. The molecular formula is C26H21ClN4O4. The molecule has 2 amide bonds. The molecule has 2 N–H and O–H groups in total. The van der Waals surface area contributed by atoms with Crippen LogP contribution < -0.4 is 20.3 Å². The van der Waals surface area contributed by atoms with Crippen LogP contribution in [0.15, 0.2) is 79.0 Å². The van der Waals surface area contributed by atoms with Crippen LogP contribution in [-0.4, -0.2) is 34.8 Å². The molecule has 1 aliphatic heterocycles. The first kappa shape index (κ1) is 22.5. The third-order valence-corrected chi connectivity index (χ3v) is 5.65. The zero-order chi connectivity index (χ0) is 24.2. The van der Waals surface area contributed by atoms with Crippen LogP contribution >= 0.6 is 11.6 Å². The molecule has 5 rings (SSSR count). The normalized spacial score (nSPS) is 12.1. The summed E-state index contributed by atoms with van der Waals surface area (Å²) in [5.74, 6) is 0.227. The first-order valence-electron chi connectivity index (χ1n) is 11.0. The molecule has 9 heteroatoms. The Bertz CT molecular complexity index is 1370. The summed E-state index contributed by atoms with van der Waals surface area (Å²) in [5, 5.41) is 5.31. The molecule has 8 nitrogen and oxygen atoms in total. The van der Waals surface area contributed by atoms with Gasteiger partial charge in [-0.25, -0.2) is 4.68 Å². The summed E-state index contributed by atoms with van der Waals surface area (Å²) in [5.41, 5.74) is 8.31. The van der Waals surface area contributed by atoms with E-state index >= 15 is 0 Å². The minimum Gasteiger partial charge on any atom is -0.486 e. The van der Waals surface area contributed by atoms with Gasteiger partial charge in [0.05, 0.1) is 17.8 Å². The van der Waals surface area contributed by atoms with E-state index in [0.29, 0.717) is 46.6 Å². The second-order valence-corrected chi connectivity index (χ2v) is 8.26. The highest BCUT2D eigenvalue weighted by Gasteiger charge is 2.18. The lowest BCUT2D eigenvalue weighted by atomic mass is 10.1. The fourth-order valence-electron chi connectivity index (χ4n) is 3.70. The minimum absolute atomic E-state index is 0.00616. The van der Waals surface area contributed by atoms with Gasteiger partial charge in [-0.1, -0.05) is 41.9 Å². The van der Waals surface area contributed by atoms with Crippen LogP contribution in [0.2, 0.25) is 5.02 Å². The van der Waals surface area contributed by atoms with Crippen molar-refractivity contribution < 1.29 is 19.1 Å². The Balaban J connectivity index is 1.31. The highest BCUT2D eigenvalue weighted by Crippen LogP contribution is 2.30. The van der Waals surface area contributed by atoms with E-state index in [-0.39, 0.29) is 6.42 Å². The van der Waals surface area contributed by atoms with Crippen molar-refractivity contribution in [3.63, 3.8) is 0 Å². The Labute approximate surface area is 206 Å². The topological polar surface area (TPSA) is 94.5 Å². The fraction of sp³-hybridized carbons (Fsp3) is 0.115. The van der Waals surface area contributed by atoms with Gasteiger partial charge < -0.3 is 9.47 Å². The molecule has 1 aromatic heterocycles. The number of benzene rings is 3. The zero-order valence-corrected chi connectivity index (χ0v) is 19.3. The number of hydrazine groups is 1. The third kappa shape index (κ3) is 5.12. The lowest BCUT2D eigenvalue weighted by molar-refractivity contribution is -0.121. The lowest BCUT2D eigenvalue weighted by Crippen LogP contribution is -2.42. The van der Waals surface area contributed by atoms with Crippen LogP contribution in [0.1, 0.15) is 15.9 Å². The molecule has 0 bridgehead atoms. The molecule has 0 aliphatic carbocycles. The van der Waals surface area contributed by atoms with Crippen LogP contribution in [0.5, 0.6) is 11.5 Å². The summed E-state index contributed by atoms with van der Waals surface area (Å²) in [6, 6.07) is 21.7. The fourth-order valence-corrected chi connectivity index (χ4v) is 3.83. The van der Waals surface area contributed by atoms with Crippen molar-refractivity contribution in [1.29, 1.82) is 0 Å². The molecule has 176 valence electrons. The van der Waals surface area contributed by atoms with Gasteiger partial charge in [0.2, 0.25) is 5.91 Å². The highest BCUT2D eigenvalue weighted by molar-refractivity contribution is 6.30. The van der Waals surface area contributed by atoms with Crippen molar-refractivity contribution in [2.24, 2.45) is 0 Å². The number of rotatable bonds is 5. The molecule has 0 unspecified atom stereocenters. The predicted molar refractivity (Wildman–Crippen MR) is 131 cm³/mol. The van der Waals surface area contributed by atoms with E-state index in [1.165, 1.54) is 0 Å². The molecule has 35 heavy (non-hydrogen) atoms. The third-order valence-electron chi connectivity index (χ3n) is 5.40. The van der Waals surface area contributed by atoms with Crippen LogP contribution in [0, 0.1) is 0 Å². The standard InChI is InChI=1S/C26H21ClN4O4/c27-20-9-6-17(7-10-20)25-19(16-31(30-25)21-4-2-1-3-5-21)15-24(32)28-29-26(33)18-8-11-22-23(14-18)35-13-12-34-22/h1-11,14,16H,12-13,15H2,(H,28,32)(H,29,33). The molecule has 0 spiro atoms. The Hall–Kier alpha value is -4.30. The van der Waals surface area contributed by atoms with Gasteiger partial charge in [-0.15, -0.1) is 0 Å². The van der Waals surface area contributed by atoms with Crippen LogP contribution in [0.25, 0.3) is 16.9 Å². The quantitative estimate of drug-likeness (QED) is 0.414. The summed E-state index contributed by atoms with van der Waals surface area (Å²) in [7, 11) is 0. The number of nitrogens with zero attached hydrogens (tertiary/aromatic N) is 2. The molecule has 0 atom stereocenters. The van der Waals surface area contributed by atoms with Gasteiger partial charge in [0, 0.05) is 27.9 Å². The van der Waals surface area contributed by atoms with Gasteiger partial charge in [0.25, 0.3) is 5.91 Å². The van der Waals surface area contributed by atoms with E-state index in [1.54, 1.807) is 35.0 Å². The van der Waals surface area contributed by atoms with Gasteiger partial charge in [-0.3, -0.25) is 20.4 Å². The molecule has 0 saturated heterocycles. The van der Waals surface area contributed by atoms with Crippen molar-refractivity contribution in [3.8, 4) is 28.4 Å². The number of hydrogen-bond donors (Lipinski definition) is 2. The molecule has 2 heterocycles. The second-order valence-electron chi connectivity index (χ2n) is 7.83. The van der Waals surface area contributed by atoms with Gasteiger partial charge in [0.1, 0.15) is 13.2 Å². The maximum atomic E-state index is 12.7. The zero-order valence-electron chi connectivity index (χ0n) is 18.5. The Morgan fingerprint density at radius 2 is 1.66 bits per heavy atom. The number of carbonyl (C=O) groups excluding carboxylic acids is 2. The summed E-state index contributed by atoms with van der Waals surface area (Å²) in [4.78, 5) is 25.3. The van der Waals surface area contributed by atoms with E-state index in [1.807, 2.05) is 48.7 Å². The summed E-state index contributed by atoms with van der Waals surface area (Å²) < 4.78 is 12.7. The van der Waals surface area contributed by atoms with Gasteiger partial charge in [0.15, 0.2) is 11.5 Å². The smallest absolute Gasteiger partial charge is 0.269 e. The maximum absolute atomic E-state index is 12.7. The number of ether oxygens (including phenoxy) is 2. The van der Waals surface area contributed by atoms with Crippen molar-refractivity contribution >= 4 is 23.4 Å². The second kappa shape index (κ2) is 9.90. The molecule has 4 aromatic rings. The Kier molecular flexibility index (Phi) is 6.36. The summed E-state index contributed by atoms with van der Waals surface area (Å²) in [6.07, 6.45) is 1.81. The number of carbonyl (C=O) groups is 2. The molecule has 3 aromatic carbocycles. The first-order chi connectivity index (χ1) is 17.1. The van der Waals surface area contributed by atoms with Crippen molar-refractivity contribution in [1.82, 2.24) is 20.6 Å². The minimum atomic E-state index is -0.465. The van der Waals surface area contributed by atoms with E-state index in [0.717, 1.165) is 11.3 Å². The number of hydrogen-bond acceptors (Lipinski definition) is 5. The number of fused-ring (bicyclic) bond motifs is 1. The van der Waals surface area contributed by atoms with Gasteiger partial charge >= 0.3 is 0 Å². The Morgan fingerprint density at radius 1 is 0.914 bits per heavy atom. The average molecular weight is 489 g/mol. The number of para-hydroxylation sites is 1. The summed E-state index contributed by atoms with van der Waals surface area (Å²) in [6.45, 7) is 0.884. The van der Waals surface area contributed by atoms with E-state index in [2.05, 4.69) is 10.9 Å². The number of amides is 2. The lowest BCUT2D eigenvalue weighted by Gasteiger charge is -2.18. The summed E-state index contributed by atoms with van der Waals surface area (Å²) >= 11 is 6.04. The molecule has 0 saturated carbocycles. The average Bonchev–Trinajstić information content (AvgIpc) is 3.31.